The number of morpholine rings is 1. The first-order valence-electron chi connectivity index (χ1n) is 8.70. The molecule has 1 aliphatic rings. The summed E-state index contributed by atoms with van der Waals surface area (Å²) in [5, 5.41) is 1.54. The second kappa shape index (κ2) is 9.35. The highest BCUT2D eigenvalue weighted by atomic mass is 32.2. The van der Waals surface area contributed by atoms with E-state index in [0.717, 1.165) is 11.3 Å². The normalized spacial score (nSPS) is 15.0. The standard InChI is InChI=1S/C18H20N2O7S2/c19-16(21)12-26-14-3-1-2-13(10-14)11-27-18(22)17-15(4-9-28-17)29(23,24)20-5-7-25-8-6-20/h1-4,9-10H,5-8,11-12H2,(H2,19,21). The first-order valence-corrected chi connectivity index (χ1v) is 11.0. The van der Waals surface area contributed by atoms with Crippen LogP contribution < -0.4 is 10.5 Å². The zero-order valence-electron chi connectivity index (χ0n) is 15.4. The van der Waals surface area contributed by atoms with Crippen LogP contribution in [0.2, 0.25) is 0 Å². The van der Waals surface area contributed by atoms with Gasteiger partial charge in [0.1, 0.15) is 22.1 Å². The van der Waals surface area contributed by atoms with Crippen LogP contribution in [0.4, 0.5) is 0 Å². The summed E-state index contributed by atoms with van der Waals surface area (Å²) in [7, 11) is -3.80. The summed E-state index contributed by atoms with van der Waals surface area (Å²) in [6.45, 7) is 0.771. The molecule has 1 aromatic heterocycles. The summed E-state index contributed by atoms with van der Waals surface area (Å²) in [6, 6.07) is 8.05. The van der Waals surface area contributed by atoms with Gasteiger partial charge >= 0.3 is 5.97 Å². The maximum Gasteiger partial charge on any atom is 0.350 e. The maximum atomic E-state index is 12.8. The van der Waals surface area contributed by atoms with Gasteiger partial charge in [0.2, 0.25) is 10.0 Å². The van der Waals surface area contributed by atoms with Gasteiger partial charge in [-0.05, 0) is 29.1 Å². The lowest BCUT2D eigenvalue weighted by molar-refractivity contribution is -0.119. The lowest BCUT2D eigenvalue weighted by atomic mass is 10.2. The summed E-state index contributed by atoms with van der Waals surface area (Å²) in [6.07, 6.45) is 0. The third-order valence-corrected chi connectivity index (χ3v) is 7.02. The zero-order valence-corrected chi connectivity index (χ0v) is 17.0. The summed E-state index contributed by atoms with van der Waals surface area (Å²) in [4.78, 5) is 23.3. The number of nitrogens with zero attached hydrogens (tertiary/aromatic N) is 1. The van der Waals surface area contributed by atoms with Gasteiger partial charge in [0.25, 0.3) is 5.91 Å². The smallest absolute Gasteiger partial charge is 0.350 e. The number of esters is 1. The van der Waals surface area contributed by atoms with Gasteiger partial charge in [-0.15, -0.1) is 11.3 Å². The van der Waals surface area contributed by atoms with Crippen molar-refractivity contribution >= 4 is 33.2 Å². The van der Waals surface area contributed by atoms with E-state index in [1.54, 1.807) is 29.6 Å². The molecule has 0 atom stereocenters. The molecule has 29 heavy (non-hydrogen) atoms. The molecule has 0 saturated carbocycles. The Hall–Kier alpha value is -2.47. The minimum Gasteiger partial charge on any atom is -0.484 e. The number of benzene rings is 1. The van der Waals surface area contributed by atoms with Crippen LogP contribution in [0.15, 0.2) is 40.6 Å². The van der Waals surface area contributed by atoms with Gasteiger partial charge in [-0.25, -0.2) is 13.2 Å². The van der Waals surface area contributed by atoms with E-state index in [4.69, 9.17) is 19.9 Å². The van der Waals surface area contributed by atoms with Crippen LogP contribution in [0.25, 0.3) is 0 Å². The van der Waals surface area contributed by atoms with Crippen molar-refractivity contribution in [1.82, 2.24) is 4.31 Å². The molecule has 1 aliphatic heterocycles. The number of rotatable bonds is 8. The SMILES string of the molecule is NC(=O)COc1cccc(COC(=O)c2sccc2S(=O)(=O)N2CCOCC2)c1. The number of nitrogens with two attached hydrogens (primary N) is 1. The Labute approximate surface area is 172 Å². The van der Waals surface area contributed by atoms with Crippen LogP contribution in [0.3, 0.4) is 0 Å². The van der Waals surface area contributed by atoms with Crippen molar-refractivity contribution < 1.29 is 32.2 Å². The lowest BCUT2D eigenvalue weighted by Crippen LogP contribution is -2.40. The highest BCUT2D eigenvalue weighted by Gasteiger charge is 2.31. The first-order chi connectivity index (χ1) is 13.9. The van der Waals surface area contributed by atoms with E-state index in [2.05, 4.69) is 0 Å². The van der Waals surface area contributed by atoms with Gasteiger partial charge in [-0.1, -0.05) is 12.1 Å². The molecule has 1 saturated heterocycles. The Morgan fingerprint density at radius 3 is 2.69 bits per heavy atom. The minimum atomic E-state index is -3.80. The predicted molar refractivity (Wildman–Crippen MR) is 104 cm³/mol. The third-order valence-electron chi connectivity index (χ3n) is 4.05. The molecule has 1 amide bonds. The van der Waals surface area contributed by atoms with Crippen molar-refractivity contribution in [3.63, 3.8) is 0 Å². The lowest BCUT2D eigenvalue weighted by Gasteiger charge is -2.25. The molecule has 1 fully saturated rings. The molecule has 0 aliphatic carbocycles. The molecule has 156 valence electrons. The van der Waals surface area contributed by atoms with Crippen LogP contribution in [0, 0.1) is 0 Å². The summed E-state index contributed by atoms with van der Waals surface area (Å²) in [5.41, 5.74) is 5.66. The minimum absolute atomic E-state index is 0.0256. The quantitative estimate of drug-likeness (QED) is 0.607. The maximum absolute atomic E-state index is 12.8. The van der Waals surface area contributed by atoms with Gasteiger partial charge < -0.3 is 19.9 Å². The predicted octanol–water partition coefficient (Wildman–Crippen LogP) is 0.990. The summed E-state index contributed by atoms with van der Waals surface area (Å²) < 4.78 is 42.7. The Morgan fingerprint density at radius 2 is 1.97 bits per heavy atom. The number of thiophene rings is 1. The van der Waals surface area contributed by atoms with Crippen molar-refractivity contribution in [2.24, 2.45) is 5.73 Å². The average molecular weight is 440 g/mol. The molecular weight excluding hydrogens is 420 g/mol. The zero-order chi connectivity index (χ0) is 20.9. The van der Waals surface area contributed by atoms with E-state index in [1.807, 2.05) is 0 Å². The van der Waals surface area contributed by atoms with E-state index >= 15 is 0 Å². The molecule has 2 aromatic rings. The molecule has 11 heteroatoms. The van der Waals surface area contributed by atoms with Crippen LogP contribution in [-0.4, -0.2) is 57.5 Å². The number of hydrogen-bond donors (Lipinski definition) is 1. The van der Waals surface area contributed by atoms with E-state index in [1.165, 1.54) is 10.4 Å². The fraction of sp³-hybridized carbons (Fsp3) is 0.333. The Bertz CT molecular complexity index is 982. The number of ether oxygens (including phenoxy) is 3. The van der Waals surface area contributed by atoms with E-state index in [0.29, 0.717) is 24.5 Å². The van der Waals surface area contributed by atoms with Gasteiger partial charge in [0.05, 0.1) is 13.2 Å². The van der Waals surface area contributed by atoms with Crippen molar-refractivity contribution in [1.29, 1.82) is 0 Å². The largest absolute Gasteiger partial charge is 0.484 e. The molecule has 1 aromatic carbocycles. The number of carbonyl (C=O) groups excluding carboxylic acids is 2. The molecule has 3 rings (SSSR count). The number of hydrogen-bond acceptors (Lipinski definition) is 8. The van der Waals surface area contributed by atoms with Crippen LogP contribution in [0.1, 0.15) is 15.2 Å². The van der Waals surface area contributed by atoms with E-state index in [-0.39, 0.29) is 36.1 Å². The van der Waals surface area contributed by atoms with Crippen molar-refractivity contribution in [2.75, 3.05) is 32.9 Å². The third kappa shape index (κ3) is 5.32. The van der Waals surface area contributed by atoms with Gasteiger partial charge in [-0.3, -0.25) is 4.79 Å². The van der Waals surface area contributed by atoms with Gasteiger partial charge in [0, 0.05) is 13.1 Å². The van der Waals surface area contributed by atoms with Crippen molar-refractivity contribution in [3.8, 4) is 5.75 Å². The van der Waals surface area contributed by atoms with Crippen molar-refractivity contribution in [2.45, 2.75) is 11.5 Å². The van der Waals surface area contributed by atoms with E-state index < -0.39 is 21.9 Å². The van der Waals surface area contributed by atoms with E-state index in [9.17, 15) is 18.0 Å². The van der Waals surface area contributed by atoms with Gasteiger partial charge in [-0.2, -0.15) is 4.31 Å². The van der Waals surface area contributed by atoms with Crippen LogP contribution >= 0.6 is 11.3 Å². The second-order valence-corrected chi connectivity index (χ2v) is 8.93. The molecular formula is C18H20N2O7S2. The number of carbonyl (C=O) groups is 2. The van der Waals surface area contributed by atoms with Crippen molar-refractivity contribution in [3.05, 3.63) is 46.2 Å². The topological polar surface area (TPSA) is 125 Å². The monoisotopic (exact) mass is 440 g/mol. The second-order valence-electron chi connectivity index (χ2n) is 6.11. The fourth-order valence-electron chi connectivity index (χ4n) is 2.67. The summed E-state index contributed by atoms with van der Waals surface area (Å²) >= 11 is 1.01. The molecule has 0 spiro atoms. The number of sulfonamides is 1. The van der Waals surface area contributed by atoms with Crippen LogP contribution in [0.5, 0.6) is 5.75 Å². The first kappa shape index (κ1) is 21.2. The van der Waals surface area contributed by atoms with Crippen LogP contribution in [-0.2, 0) is 30.9 Å². The summed E-state index contributed by atoms with van der Waals surface area (Å²) in [5.74, 6) is -0.923. The highest BCUT2D eigenvalue weighted by molar-refractivity contribution is 7.89. The fourth-order valence-corrected chi connectivity index (χ4v) is 5.36. The number of primary amides is 1. The molecule has 0 bridgehead atoms. The highest BCUT2D eigenvalue weighted by Crippen LogP contribution is 2.27. The molecule has 9 nitrogen and oxygen atoms in total. The Kier molecular flexibility index (Phi) is 6.85. The molecule has 0 radical (unpaired) electrons. The van der Waals surface area contributed by atoms with Gasteiger partial charge in [0.15, 0.2) is 6.61 Å². The average Bonchev–Trinajstić information content (AvgIpc) is 3.22. The molecule has 0 unspecified atom stereocenters. The molecule has 2 heterocycles. The Morgan fingerprint density at radius 1 is 1.21 bits per heavy atom. The Balaban J connectivity index is 1.67. The molecule has 2 N–H and O–H groups in total. The number of amides is 1.